The zero-order valence-corrected chi connectivity index (χ0v) is 24.0. The summed E-state index contributed by atoms with van der Waals surface area (Å²) in [5.74, 6) is 0.673. The Hall–Kier alpha value is -3.16. The minimum atomic E-state index is -0.201. The minimum Gasteiger partial charge on any atom is -0.497 e. The maximum Gasteiger partial charge on any atom is 0.246 e. The number of piperazine rings is 1. The fourth-order valence-corrected chi connectivity index (χ4v) is 5.50. The lowest BCUT2D eigenvalue weighted by molar-refractivity contribution is -0.127. The molecule has 0 spiro atoms. The van der Waals surface area contributed by atoms with Crippen LogP contribution in [0.15, 0.2) is 48.5 Å². The molecule has 6 nitrogen and oxygen atoms in total. The SMILES string of the molecule is CCN(CC)CCCn1c(C)c(/C=C/C(=O)N2CCN(CCc3ccc(F)cc3)CC2)c2cc(OC)ccc21. The van der Waals surface area contributed by atoms with Crippen LogP contribution >= 0.6 is 0 Å². The van der Waals surface area contributed by atoms with E-state index in [4.69, 9.17) is 4.74 Å². The van der Waals surface area contributed by atoms with Crippen LogP contribution in [0.4, 0.5) is 4.39 Å². The first-order chi connectivity index (χ1) is 18.9. The summed E-state index contributed by atoms with van der Waals surface area (Å²) in [4.78, 5) is 19.9. The van der Waals surface area contributed by atoms with Crippen molar-refractivity contribution < 1.29 is 13.9 Å². The summed E-state index contributed by atoms with van der Waals surface area (Å²) in [6.45, 7) is 14.8. The second-order valence-electron chi connectivity index (χ2n) is 10.3. The van der Waals surface area contributed by atoms with E-state index in [1.54, 1.807) is 13.2 Å². The van der Waals surface area contributed by atoms with Crippen molar-refractivity contribution in [2.75, 3.05) is 59.5 Å². The molecule has 0 aliphatic carbocycles. The van der Waals surface area contributed by atoms with Crippen molar-refractivity contribution in [3.63, 3.8) is 0 Å². The third kappa shape index (κ3) is 7.28. The molecule has 39 heavy (non-hydrogen) atoms. The number of ether oxygens (including phenoxy) is 1. The van der Waals surface area contributed by atoms with E-state index in [2.05, 4.69) is 47.3 Å². The van der Waals surface area contributed by atoms with E-state index in [1.165, 1.54) is 23.3 Å². The summed E-state index contributed by atoms with van der Waals surface area (Å²) in [5.41, 5.74) is 4.57. The molecule has 1 amide bonds. The third-order valence-corrected chi connectivity index (χ3v) is 8.04. The van der Waals surface area contributed by atoms with Gasteiger partial charge in [0.05, 0.1) is 7.11 Å². The van der Waals surface area contributed by atoms with Crippen LogP contribution in [-0.2, 0) is 17.8 Å². The van der Waals surface area contributed by atoms with Gasteiger partial charge in [-0.15, -0.1) is 0 Å². The standard InChI is InChI=1S/C32H43FN4O2/c1-5-34(6-2)17-7-18-37-25(3)29(30-24-28(39-4)12-14-31(30)37)13-15-32(38)36-22-20-35(21-23-36)19-16-26-8-10-27(33)11-9-26/h8-15,24H,5-7,16-23H2,1-4H3/b15-13+. The third-order valence-electron chi connectivity index (χ3n) is 8.04. The second-order valence-corrected chi connectivity index (χ2v) is 10.3. The molecule has 1 saturated heterocycles. The van der Waals surface area contributed by atoms with Crippen LogP contribution in [0.25, 0.3) is 17.0 Å². The van der Waals surface area contributed by atoms with E-state index in [1.807, 2.05) is 29.2 Å². The normalized spacial score (nSPS) is 14.7. The lowest BCUT2D eigenvalue weighted by Gasteiger charge is -2.34. The number of amides is 1. The van der Waals surface area contributed by atoms with E-state index in [0.29, 0.717) is 13.1 Å². The zero-order chi connectivity index (χ0) is 27.8. The Morgan fingerprint density at radius 1 is 1.03 bits per heavy atom. The molecule has 210 valence electrons. The molecule has 1 aliphatic rings. The average Bonchev–Trinajstić information content (AvgIpc) is 3.23. The highest BCUT2D eigenvalue weighted by Crippen LogP contribution is 2.31. The van der Waals surface area contributed by atoms with Crippen LogP contribution in [0.3, 0.4) is 0 Å². The number of aromatic nitrogens is 1. The lowest BCUT2D eigenvalue weighted by Crippen LogP contribution is -2.48. The molecule has 4 rings (SSSR count). The summed E-state index contributed by atoms with van der Waals surface area (Å²) in [5, 5.41) is 1.12. The van der Waals surface area contributed by atoms with Gasteiger partial charge in [-0.25, -0.2) is 4.39 Å². The average molecular weight is 535 g/mol. The number of methoxy groups -OCH3 is 1. The number of nitrogens with zero attached hydrogens (tertiary/aromatic N) is 4. The Morgan fingerprint density at radius 2 is 1.74 bits per heavy atom. The molecule has 7 heteroatoms. The molecule has 3 aromatic rings. The van der Waals surface area contributed by atoms with Crippen molar-refractivity contribution in [3.8, 4) is 5.75 Å². The Kier molecular flexibility index (Phi) is 10.2. The molecule has 2 aromatic carbocycles. The van der Waals surface area contributed by atoms with Crippen LogP contribution in [0.5, 0.6) is 5.75 Å². The lowest BCUT2D eigenvalue weighted by atomic mass is 10.1. The van der Waals surface area contributed by atoms with Gasteiger partial charge in [-0.2, -0.15) is 0 Å². The highest BCUT2D eigenvalue weighted by atomic mass is 19.1. The predicted molar refractivity (Wildman–Crippen MR) is 158 cm³/mol. The Balaban J connectivity index is 1.40. The minimum absolute atomic E-state index is 0.0536. The molecule has 1 aliphatic heterocycles. The van der Waals surface area contributed by atoms with Crippen LogP contribution < -0.4 is 4.74 Å². The van der Waals surface area contributed by atoms with Crippen LogP contribution in [0.2, 0.25) is 0 Å². The van der Waals surface area contributed by atoms with Gasteiger partial charge in [0.25, 0.3) is 0 Å². The summed E-state index contributed by atoms with van der Waals surface area (Å²) in [6.07, 6.45) is 5.68. The molecular formula is C32H43FN4O2. The molecule has 0 N–H and O–H groups in total. The van der Waals surface area contributed by atoms with Crippen LogP contribution in [0.1, 0.15) is 37.1 Å². The van der Waals surface area contributed by atoms with Gasteiger partial charge in [0, 0.05) is 67.5 Å². The van der Waals surface area contributed by atoms with Crippen molar-refractivity contribution in [1.82, 2.24) is 19.3 Å². The van der Waals surface area contributed by atoms with Crippen molar-refractivity contribution in [1.29, 1.82) is 0 Å². The first-order valence-electron chi connectivity index (χ1n) is 14.3. The van der Waals surface area contributed by atoms with Crippen LogP contribution in [0, 0.1) is 12.7 Å². The quantitative estimate of drug-likeness (QED) is 0.299. The smallest absolute Gasteiger partial charge is 0.246 e. The Labute approximate surface area is 232 Å². The summed E-state index contributed by atoms with van der Waals surface area (Å²) >= 11 is 0. The van der Waals surface area contributed by atoms with Gasteiger partial charge in [0.15, 0.2) is 0 Å². The van der Waals surface area contributed by atoms with E-state index in [-0.39, 0.29) is 11.7 Å². The van der Waals surface area contributed by atoms with Gasteiger partial charge in [-0.3, -0.25) is 9.69 Å². The zero-order valence-electron chi connectivity index (χ0n) is 24.0. The maximum absolute atomic E-state index is 13.1. The molecule has 1 aromatic heterocycles. The number of hydrogen-bond donors (Lipinski definition) is 0. The highest BCUT2D eigenvalue weighted by Gasteiger charge is 2.20. The molecule has 2 heterocycles. The largest absolute Gasteiger partial charge is 0.497 e. The topological polar surface area (TPSA) is 41.0 Å². The number of rotatable bonds is 12. The number of fused-ring (bicyclic) bond motifs is 1. The van der Waals surface area contributed by atoms with Crippen molar-refractivity contribution in [2.45, 2.75) is 40.2 Å². The summed E-state index contributed by atoms with van der Waals surface area (Å²) in [7, 11) is 1.69. The van der Waals surface area contributed by atoms with Gasteiger partial charge in [-0.1, -0.05) is 26.0 Å². The monoisotopic (exact) mass is 534 g/mol. The summed E-state index contributed by atoms with van der Waals surface area (Å²) in [6, 6.07) is 12.9. The number of benzene rings is 2. The predicted octanol–water partition coefficient (Wildman–Crippen LogP) is 5.23. The first kappa shape index (κ1) is 28.8. The molecule has 1 fully saturated rings. The highest BCUT2D eigenvalue weighted by molar-refractivity contribution is 5.98. The van der Waals surface area contributed by atoms with E-state index < -0.39 is 0 Å². The van der Waals surface area contributed by atoms with Gasteiger partial charge in [-0.05, 0) is 81.4 Å². The molecule has 0 bridgehead atoms. The second kappa shape index (κ2) is 13.8. The number of hydrogen-bond acceptors (Lipinski definition) is 4. The fourth-order valence-electron chi connectivity index (χ4n) is 5.50. The van der Waals surface area contributed by atoms with E-state index in [9.17, 15) is 9.18 Å². The molecular weight excluding hydrogens is 491 g/mol. The first-order valence-corrected chi connectivity index (χ1v) is 14.3. The molecule has 0 radical (unpaired) electrons. The number of carbonyl (C=O) groups is 1. The van der Waals surface area contributed by atoms with Crippen molar-refractivity contribution in [2.24, 2.45) is 0 Å². The van der Waals surface area contributed by atoms with E-state index in [0.717, 1.165) is 80.9 Å². The molecule has 0 saturated carbocycles. The Bertz CT molecular complexity index is 1260. The van der Waals surface area contributed by atoms with Gasteiger partial charge >= 0.3 is 0 Å². The molecule has 0 unspecified atom stereocenters. The van der Waals surface area contributed by atoms with Gasteiger partial charge in [0.2, 0.25) is 5.91 Å². The van der Waals surface area contributed by atoms with Crippen LogP contribution in [-0.4, -0.2) is 84.6 Å². The summed E-state index contributed by atoms with van der Waals surface area (Å²) < 4.78 is 21.0. The van der Waals surface area contributed by atoms with Gasteiger partial charge in [0.1, 0.15) is 11.6 Å². The molecule has 0 atom stereocenters. The Morgan fingerprint density at radius 3 is 2.41 bits per heavy atom. The van der Waals surface area contributed by atoms with Crippen molar-refractivity contribution >= 4 is 22.9 Å². The number of carbonyl (C=O) groups excluding carboxylic acids is 1. The van der Waals surface area contributed by atoms with Gasteiger partial charge < -0.3 is 19.1 Å². The number of aryl methyl sites for hydroxylation is 1. The maximum atomic E-state index is 13.1. The van der Waals surface area contributed by atoms with E-state index >= 15 is 0 Å². The van der Waals surface area contributed by atoms with Crippen molar-refractivity contribution in [3.05, 3.63) is 71.2 Å². The fraction of sp³-hybridized carbons (Fsp3) is 0.469. The number of halogens is 1.